The highest BCUT2D eigenvalue weighted by atomic mass is 32.2. The molecule has 0 aromatic heterocycles. The van der Waals surface area contributed by atoms with Crippen LogP contribution in [-0.2, 0) is 0 Å². The SMILES string of the molecule is CCCCCCSCCCCCCCCCCCS. The molecule has 0 spiro atoms. The molecule has 2 heteroatoms. The van der Waals surface area contributed by atoms with Crippen molar-refractivity contribution in [3.05, 3.63) is 0 Å². The molecule has 0 unspecified atom stereocenters. The maximum absolute atomic E-state index is 4.24. The van der Waals surface area contributed by atoms with Gasteiger partial charge in [-0.3, -0.25) is 0 Å². The van der Waals surface area contributed by atoms with Crippen molar-refractivity contribution in [3.8, 4) is 0 Å². The number of hydrogen-bond acceptors (Lipinski definition) is 2. The van der Waals surface area contributed by atoms with Crippen LogP contribution in [0, 0.1) is 0 Å². The fraction of sp³-hybridized carbons (Fsp3) is 1.00. The van der Waals surface area contributed by atoms with E-state index in [1.165, 1.54) is 95.0 Å². The molecule has 0 amide bonds. The minimum absolute atomic E-state index is 1.07. The first-order valence-corrected chi connectivity index (χ1v) is 10.4. The van der Waals surface area contributed by atoms with Crippen LogP contribution in [0.2, 0.25) is 0 Å². The summed E-state index contributed by atoms with van der Waals surface area (Å²) in [7, 11) is 0. The first-order chi connectivity index (χ1) is 9.41. The van der Waals surface area contributed by atoms with Crippen molar-refractivity contribution in [1.29, 1.82) is 0 Å². The molecule has 0 saturated carbocycles. The van der Waals surface area contributed by atoms with Crippen LogP contribution >= 0.6 is 24.4 Å². The third-order valence-corrected chi connectivity index (χ3v) is 5.06. The van der Waals surface area contributed by atoms with Gasteiger partial charge in [-0.15, -0.1) is 0 Å². The zero-order chi connectivity index (χ0) is 14.0. The first-order valence-electron chi connectivity index (χ1n) is 8.60. The van der Waals surface area contributed by atoms with E-state index in [9.17, 15) is 0 Å². The van der Waals surface area contributed by atoms with Gasteiger partial charge >= 0.3 is 0 Å². The fourth-order valence-corrected chi connectivity index (χ4v) is 3.53. The molecule has 0 bridgehead atoms. The summed E-state index contributed by atoms with van der Waals surface area (Å²) in [6.45, 7) is 2.29. The molecule has 19 heavy (non-hydrogen) atoms. The summed E-state index contributed by atoms with van der Waals surface area (Å²) >= 11 is 6.42. The van der Waals surface area contributed by atoms with E-state index in [0.717, 1.165) is 5.75 Å². The van der Waals surface area contributed by atoms with Gasteiger partial charge in [-0.1, -0.05) is 71.1 Å². The zero-order valence-corrected chi connectivity index (χ0v) is 14.9. The van der Waals surface area contributed by atoms with Crippen LogP contribution in [0.1, 0.15) is 90.4 Å². The van der Waals surface area contributed by atoms with Crippen molar-refractivity contribution in [2.45, 2.75) is 90.4 Å². The van der Waals surface area contributed by atoms with Crippen LogP contribution in [0.4, 0.5) is 0 Å². The van der Waals surface area contributed by atoms with Gasteiger partial charge in [0.25, 0.3) is 0 Å². The van der Waals surface area contributed by atoms with Gasteiger partial charge in [-0.25, -0.2) is 0 Å². The van der Waals surface area contributed by atoms with E-state index in [2.05, 4.69) is 31.3 Å². The van der Waals surface area contributed by atoms with Crippen LogP contribution in [0.5, 0.6) is 0 Å². The van der Waals surface area contributed by atoms with E-state index in [0.29, 0.717) is 0 Å². The number of hydrogen-bond donors (Lipinski definition) is 1. The molecule has 0 atom stereocenters. The van der Waals surface area contributed by atoms with Gasteiger partial charge in [0.2, 0.25) is 0 Å². The summed E-state index contributed by atoms with van der Waals surface area (Å²) in [5.41, 5.74) is 0. The van der Waals surface area contributed by atoms with Crippen molar-refractivity contribution in [2.24, 2.45) is 0 Å². The van der Waals surface area contributed by atoms with Crippen molar-refractivity contribution >= 4 is 24.4 Å². The molecule has 0 aliphatic rings. The molecule has 0 aliphatic heterocycles. The second kappa shape index (κ2) is 18.7. The van der Waals surface area contributed by atoms with Crippen LogP contribution in [0.15, 0.2) is 0 Å². The van der Waals surface area contributed by atoms with Gasteiger partial charge in [0.1, 0.15) is 0 Å². The topological polar surface area (TPSA) is 0 Å². The second-order valence-electron chi connectivity index (χ2n) is 5.58. The van der Waals surface area contributed by atoms with E-state index in [4.69, 9.17) is 0 Å². The smallest absolute Gasteiger partial charge is 0.00675 e. The summed E-state index contributed by atoms with van der Waals surface area (Å²) in [4.78, 5) is 0. The minimum atomic E-state index is 1.07. The molecular weight excluding hydrogens is 268 g/mol. The van der Waals surface area contributed by atoms with Gasteiger partial charge in [-0.2, -0.15) is 24.4 Å². The Morgan fingerprint density at radius 3 is 1.47 bits per heavy atom. The highest BCUT2D eigenvalue weighted by Gasteiger charge is 1.94. The molecule has 116 valence electrons. The lowest BCUT2D eigenvalue weighted by Crippen LogP contribution is -1.86. The number of unbranched alkanes of at least 4 members (excludes halogenated alkanes) is 11. The Kier molecular flexibility index (Phi) is 19.4. The molecule has 0 nitrogen and oxygen atoms in total. The summed E-state index contributed by atoms with van der Waals surface area (Å²) in [6.07, 6.45) is 18.5. The second-order valence-corrected chi connectivity index (χ2v) is 7.25. The van der Waals surface area contributed by atoms with E-state index in [-0.39, 0.29) is 0 Å². The average Bonchev–Trinajstić information content (AvgIpc) is 2.43. The standard InChI is InChI=1S/C17H36S2/c1-2-3-4-13-16-19-17-14-11-9-7-5-6-8-10-12-15-18/h18H,2-17H2,1H3. The lowest BCUT2D eigenvalue weighted by molar-refractivity contribution is 0.574. The molecule has 0 fully saturated rings. The summed E-state index contributed by atoms with van der Waals surface area (Å²) in [6, 6.07) is 0. The average molecular weight is 305 g/mol. The predicted molar refractivity (Wildman–Crippen MR) is 96.9 cm³/mol. The molecule has 0 heterocycles. The van der Waals surface area contributed by atoms with Crippen molar-refractivity contribution < 1.29 is 0 Å². The van der Waals surface area contributed by atoms with Crippen LogP contribution in [-0.4, -0.2) is 17.3 Å². The molecule has 0 saturated heterocycles. The van der Waals surface area contributed by atoms with Crippen molar-refractivity contribution in [3.63, 3.8) is 0 Å². The third kappa shape index (κ3) is 18.7. The van der Waals surface area contributed by atoms with E-state index >= 15 is 0 Å². The molecule has 0 aromatic carbocycles. The van der Waals surface area contributed by atoms with Gasteiger partial charge in [0, 0.05) is 0 Å². The number of thioether (sulfide) groups is 1. The molecule has 0 radical (unpaired) electrons. The summed E-state index contributed by atoms with van der Waals surface area (Å²) in [5.74, 6) is 3.86. The first kappa shape index (κ1) is 19.7. The third-order valence-electron chi connectivity index (χ3n) is 3.59. The molecule has 0 aromatic rings. The van der Waals surface area contributed by atoms with Crippen molar-refractivity contribution in [1.82, 2.24) is 0 Å². The maximum Gasteiger partial charge on any atom is -0.00675 e. The molecule has 0 N–H and O–H groups in total. The maximum atomic E-state index is 4.24. The Morgan fingerprint density at radius 2 is 1.00 bits per heavy atom. The highest BCUT2D eigenvalue weighted by Crippen LogP contribution is 2.13. The predicted octanol–water partition coefficient (Wildman–Crippen LogP) is 6.74. The lowest BCUT2D eigenvalue weighted by Gasteiger charge is -2.03. The molecular formula is C17H36S2. The Balaban J connectivity index is 2.88. The van der Waals surface area contributed by atoms with E-state index in [1.807, 2.05) is 0 Å². The van der Waals surface area contributed by atoms with Crippen LogP contribution in [0.25, 0.3) is 0 Å². The van der Waals surface area contributed by atoms with Crippen LogP contribution in [0.3, 0.4) is 0 Å². The quantitative estimate of drug-likeness (QED) is 0.243. The Morgan fingerprint density at radius 1 is 0.579 bits per heavy atom. The molecule has 0 rings (SSSR count). The summed E-state index contributed by atoms with van der Waals surface area (Å²) in [5, 5.41) is 0. The van der Waals surface area contributed by atoms with Gasteiger partial charge < -0.3 is 0 Å². The Labute approximate surface area is 132 Å². The largest absolute Gasteiger partial charge is 0.179 e. The normalized spacial score (nSPS) is 11.1. The van der Waals surface area contributed by atoms with E-state index in [1.54, 1.807) is 0 Å². The Hall–Kier alpha value is 0.700. The Bertz CT molecular complexity index is 132. The number of thiol groups is 1. The number of rotatable bonds is 16. The van der Waals surface area contributed by atoms with Crippen LogP contribution < -0.4 is 0 Å². The van der Waals surface area contributed by atoms with Gasteiger partial charge in [-0.05, 0) is 36.5 Å². The van der Waals surface area contributed by atoms with Crippen molar-refractivity contribution in [2.75, 3.05) is 17.3 Å². The summed E-state index contributed by atoms with van der Waals surface area (Å²) < 4.78 is 0. The fourth-order valence-electron chi connectivity index (χ4n) is 2.29. The lowest BCUT2D eigenvalue weighted by atomic mass is 10.1. The highest BCUT2D eigenvalue weighted by molar-refractivity contribution is 7.99. The van der Waals surface area contributed by atoms with E-state index < -0.39 is 0 Å². The monoisotopic (exact) mass is 304 g/mol. The minimum Gasteiger partial charge on any atom is -0.179 e. The molecule has 0 aliphatic carbocycles. The van der Waals surface area contributed by atoms with Gasteiger partial charge in [0.05, 0.1) is 0 Å². The zero-order valence-electron chi connectivity index (χ0n) is 13.2. The van der Waals surface area contributed by atoms with Gasteiger partial charge in [0.15, 0.2) is 0 Å².